The lowest BCUT2D eigenvalue weighted by molar-refractivity contribution is 1.08. The lowest BCUT2D eigenvalue weighted by Crippen LogP contribution is -2.00. The van der Waals surface area contributed by atoms with Gasteiger partial charge < -0.3 is 0 Å². The first-order valence-corrected chi connectivity index (χ1v) is 14.8. The molecule has 0 aliphatic heterocycles. The quantitative estimate of drug-likeness (QED) is 0.207. The zero-order valence-electron chi connectivity index (χ0n) is 22.9. The molecule has 202 valence electrons. The fourth-order valence-corrected chi connectivity index (χ4v) is 6.54. The average molecular weight is 570 g/mol. The van der Waals surface area contributed by atoms with E-state index in [1.165, 1.54) is 0 Å². The fourth-order valence-electron chi connectivity index (χ4n) is 5.28. The number of rotatable bonds is 5. The largest absolute Gasteiger partial charge is 0.226 e. The van der Waals surface area contributed by atoms with Crippen LogP contribution < -0.4 is 0 Å². The van der Waals surface area contributed by atoms with Crippen molar-refractivity contribution in [2.45, 2.75) is 0 Å². The zero-order chi connectivity index (χ0) is 28.6. The van der Waals surface area contributed by atoms with Crippen LogP contribution >= 0.6 is 11.3 Å². The van der Waals surface area contributed by atoms with Crippen molar-refractivity contribution in [3.8, 4) is 56.8 Å². The van der Waals surface area contributed by atoms with Gasteiger partial charge in [0, 0.05) is 37.9 Å². The second-order valence-electron chi connectivity index (χ2n) is 10.1. The van der Waals surface area contributed by atoms with Gasteiger partial charge >= 0.3 is 0 Å². The SMILES string of the molecule is c1ccc(-c2nc(-c3ccccc3)nc(-c3cccc4c3sc3c(-c5ccccc5)nc(-c5ccccc5)nc34)n2)cc1. The summed E-state index contributed by atoms with van der Waals surface area (Å²) in [6.45, 7) is 0. The molecule has 0 spiro atoms. The van der Waals surface area contributed by atoms with Crippen LogP contribution in [0.25, 0.3) is 77.1 Å². The Kier molecular flexibility index (Phi) is 6.24. The average Bonchev–Trinajstić information content (AvgIpc) is 3.48. The molecule has 0 radical (unpaired) electrons. The predicted molar refractivity (Wildman–Crippen MR) is 175 cm³/mol. The molecule has 43 heavy (non-hydrogen) atoms. The summed E-state index contributed by atoms with van der Waals surface area (Å²) in [6.07, 6.45) is 0. The summed E-state index contributed by atoms with van der Waals surface area (Å²) in [5.74, 6) is 2.61. The second kappa shape index (κ2) is 10.7. The highest BCUT2D eigenvalue weighted by Crippen LogP contribution is 2.43. The van der Waals surface area contributed by atoms with Crippen molar-refractivity contribution in [2.75, 3.05) is 0 Å². The standard InChI is InChI=1S/C37H23N5S/c1-5-14-24(15-6-1)30-33-31(39-34(38-30)25-16-7-2-8-17-25)28-22-13-23-29(32(28)43-33)37-41-35(26-18-9-3-10-19-26)40-36(42-37)27-20-11-4-12-21-27/h1-23H. The molecular weight excluding hydrogens is 547 g/mol. The van der Waals surface area contributed by atoms with Crippen LogP contribution in [-0.2, 0) is 0 Å². The van der Waals surface area contributed by atoms with Gasteiger partial charge in [-0.1, -0.05) is 133 Å². The Bertz CT molecular complexity index is 2160. The topological polar surface area (TPSA) is 64.5 Å². The number of nitrogens with zero attached hydrogens (tertiary/aromatic N) is 5. The lowest BCUT2D eigenvalue weighted by atomic mass is 10.1. The molecule has 0 fully saturated rings. The molecular formula is C37H23N5S. The van der Waals surface area contributed by atoms with E-state index in [2.05, 4.69) is 42.5 Å². The van der Waals surface area contributed by atoms with Gasteiger partial charge in [0.05, 0.1) is 15.9 Å². The summed E-state index contributed by atoms with van der Waals surface area (Å²) < 4.78 is 2.10. The van der Waals surface area contributed by atoms with E-state index in [1.54, 1.807) is 11.3 Å². The van der Waals surface area contributed by atoms with E-state index >= 15 is 0 Å². The molecule has 0 N–H and O–H groups in total. The molecule has 8 rings (SSSR count). The molecule has 0 aliphatic carbocycles. The van der Waals surface area contributed by atoms with E-state index in [4.69, 9.17) is 24.9 Å². The maximum Gasteiger partial charge on any atom is 0.165 e. The summed E-state index contributed by atoms with van der Waals surface area (Å²) in [5.41, 5.74) is 6.70. The summed E-state index contributed by atoms with van der Waals surface area (Å²) in [4.78, 5) is 25.1. The van der Waals surface area contributed by atoms with Crippen LogP contribution in [0.4, 0.5) is 0 Å². The van der Waals surface area contributed by atoms with Crippen molar-refractivity contribution in [2.24, 2.45) is 0 Å². The Balaban J connectivity index is 1.40. The van der Waals surface area contributed by atoms with Crippen molar-refractivity contribution in [1.82, 2.24) is 24.9 Å². The number of benzene rings is 5. The van der Waals surface area contributed by atoms with Crippen LogP contribution in [0.1, 0.15) is 0 Å². The van der Waals surface area contributed by atoms with E-state index in [1.807, 2.05) is 97.1 Å². The zero-order valence-corrected chi connectivity index (χ0v) is 23.7. The van der Waals surface area contributed by atoms with Crippen molar-refractivity contribution in [1.29, 1.82) is 0 Å². The van der Waals surface area contributed by atoms with Crippen LogP contribution in [-0.4, -0.2) is 24.9 Å². The molecule has 5 aromatic carbocycles. The number of hydrogen-bond donors (Lipinski definition) is 0. The molecule has 0 unspecified atom stereocenters. The third-order valence-corrected chi connectivity index (χ3v) is 8.59. The number of thiophene rings is 1. The highest BCUT2D eigenvalue weighted by molar-refractivity contribution is 7.26. The van der Waals surface area contributed by atoms with E-state index in [9.17, 15) is 0 Å². The molecule has 0 aliphatic rings. The maximum atomic E-state index is 5.13. The summed E-state index contributed by atoms with van der Waals surface area (Å²) in [5, 5.41) is 1.05. The van der Waals surface area contributed by atoms with Gasteiger partial charge in [0.1, 0.15) is 0 Å². The van der Waals surface area contributed by atoms with Crippen molar-refractivity contribution in [3.63, 3.8) is 0 Å². The Morgan fingerprint density at radius 2 is 0.814 bits per heavy atom. The number of fused-ring (bicyclic) bond motifs is 3. The van der Waals surface area contributed by atoms with Crippen molar-refractivity contribution >= 4 is 31.6 Å². The first-order valence-electron chi connectivity index (χ1n) is 14.0. The van der Waals surface area contributed by atoms with Gasteiger partial charge in [-0.05, 0) is 6.07 Å². The maximum absolute atomic E-state index is 5.13. The van der Waals surface area contributed by atoms with E-state index in [-0.39, 0.29) is 0 Å². The van der Waals surface area contributed by atoms with Crippen LogP contribution in [0.3, 0.4) is 0 Å². The minimum atomic E-state index is 0.627. The molecule has 0 atom stereocenters. The highest BCUT2D eigenvalue weighted by Gasteiger charge is 2.20. The first-order chi connectivity index (χ1) is 21.3. The first kappa shape index (κ1) is 25.1. The molecule has 5 nitrogen and oxygen atoms in total. The van der Waals surface area contributed by atoms with E-state index < -0.39 is 0 Å². The van der Waals surface area contributed by atoms with Gasteiger partial charge in [-0.15, -0.1) is 11.3 Å². The molecule has 6 heteroatoms. The minimum Gasteiger partial charge on any atom is -0.226 e. The highest BCUT2D eigenvalue weighted by atomic mass is 32.1. The monoisotopic (exact) mass is 569 g/mol. The van der Waals surface area contributed by atoms with Gasteiger partial charge in [0.2, 0.25) is 0 Å². The summed E-state index contributed by atoms with van der Waals surface area (Å²) in [7, 11) is 0. The third-order valence-electron chi connectivity index (χ3n) is 7.36. The van der Waals surface area contributed by atoms with Crippen LogP contribution in [0.5, 0.6) is 0 Å². The van der Waals surface area contributed by atoms with Crippen LogP contribution in [0, 0.1) is 0 Å². The Morgan fingerprint density at radius 3 is 1.35 bits per heavy atom. The van der Waals surface area contributed by atoms with Crippen LogP contribution in [0.2, 0.25) is 0 Å². The molecule has 3 aromatic heterocycles. The third kappa shape index (κ3) is 4.64. The summed E-state index contributed by atoms with van der Waals surface area (Å²) in [6, 6.07) is 46.9. The van der Waals surface area contributed by atoms with Crippen LogP contribution in [0.15, 0.2) is 140 Å². The lowest BCUT2D eigenvalue weighted by Gasteiger charge is -2.09. The van der Waals surface area contributed by atoms with Gasteiger partial charge in [0.25, 0.3) is 0 Å². The van der Waals surface area contributed by atoms with Gasteiger partial charge in [-0.3, -0.25) is 0 Å². The molecule has 0 saturated heterocycles. The van der Waals surface area contributed by atoms with Crippen molar-refractivity contribution in [3.05, 3.63) is 140 Å². The normalized spacial score (nSPS) is 11.3. The molecule has 0 amide bonds. The second-order valence-corrected chi connectivity index (χ2v) is 11.1. The molecule has 0 bridgehead atoms. The minimum absolute atomic E-state index is 0.627. The Hall–Kier alpha value is -5.59. The predicted octanol–water partition coefficient (Wildman–Crippen LogP) is 9.36. The molecule has 0 saturated carbocycles. The van der Waals surface area contributed by atoms with E-state index in [0.29, 0.717) is 23.3 Å². The van der Waals surface area contributed by atoms with Crippen molar-refractivity contribution < 1.29 is 0 Å². The number of hydrogen-bond acceptors (Lipinski definition) is 6. The van der Waals surface area contributed by atoms with Gasteiger partial charge in [-0.25, -0.2) is 24.9 Å². The van der Waals surface area contributed by atoms with E-state index in [0.717, 1.165) is 53.8 Å². The fraction of sp³-hybridized carbons (Fsp3) is 0. The number of aromatic nitrogens is 5. The Morgan fingerprint density at radius 1 is 0.349 bits per heavy atom. The van der Waals surface area contributed by atoms with Gasteiger partial charge in [0.15, 0.2) is 23.3 Å². The Labute approximate surface area is 252 Å². The summed E-state index contributed by atoms with van der Waals surface area (Å²) >= 11 is 1.69. The smallest absolute Gasteiger partial charge is 0.165 e. The molecule has 8 aromatic rings. The van der Waals surface area contributed by atoms with Gasteiger partial charge in [-0.2, -0.15) is 0 Å². The molecule has 3 heterocycles.